The van der Waals surface area contributed by atoms with Crippen LogP contribution in [0.4, 0.5) is 0 Å². The molecule has 1 unspecified atom stereocenters. The number of nitrogens with zero attached hydrogens (tertiary/aromatic N) is 1. The number of amides is 1. The predicted octanol–water partition coefficient (Wildman–Crippen LogP) is 1.93. The van der Waals surface area contributed by atoms with Gasteiger partial charge in [-0.25, -0.2) is 0 Å². The molecule has 3 N–H and O–H groups in total. The number of carbonyl (C=O) groups excluding carboxylic acids is 1. The Labute approximate surface area is 109 Å². The third-order valence-corrected chi connectivity index (χ3v) is 3.33. The minimum absolute atomic E-state index is 0.00278. The van der Waals surface area contributed by atoms with Gasteiger partial charge in [-0.2, -0.15) is 0 Å². The molecule has 0 bridgehead atoms. The molecule has 1 saturated carbocycles. The van der Waals surface area contributed by atoms with Crippen LogP contribution in [-0.2, 0) is 0 Å². The molecule has 0 spiro atoms. The smallest absolute Gasteiger partial charge is 0.268 e. The second-order valence-electron chi connectivity index (χ2n) is 5.57. The molecule has 4 nitrogen and oxygen atoms in total. The first-order valence-corrected chi connectivity index (χ1v) is 6.79. The van der Waals surface area contributed by atoms with Crippen LogP contribution in [0, 0.1) is 5.92 Å². The molecule has 1 aromatic rings. The molecule has 2 rings (SSSR count). The second-order valence-corrected chi connectivity index (χ2v) is 5.57. The number of hydrogen-bond acceptors (Lipinski definition) is 2. The van der Waals surface area contributed by atoms with Gasteiger partial charge < -0.3 is 15.6 Å². The van der Waals surface area contributed by atoms with Crippen LogP contribution in [-0.4, -0.2) is 23.1 Å². The van der Waals surface area contributed by atoms with E-state index in [0.717, 1.165) is 12.1 Å². The summed E-state index contributed by atoms with van der Waals surface area (Å²) in [4.78, 5) is 12.2. The topological polar surface area (TPSA) is 60.0 Å². The van der Waals surface area contributed by atoms with Crippen LogP contribution < -0.4 is 11.1 Å². The summed E-state index contributed by atoms with van der Waals surface area (Å²) in [5.74, 6) is 0.539. The van der Waals surface area contributed by atoms with Crippen molar-refractivity contribution in [1.29, 1.82) is 0 Å². The standard InChI is InChI=1S/C14H23N3O/c1-10(2)8-11(9-15)16-14(18)13-4-3-7-17(13)12-5-6-12/h3-4,7,10-12H,5-6,8-9,15H2,1-2H3,(H,16,18). The first kappa shape index (κ1) is 13.1. The van der Waals surface area contributed by atoms with E-state index < -0.39 is 0 Å². The lowest BCUT2D eigenvalue weighted by Gasteiger charge is -2.19. The SMILES string of the molecule is CC(C)CC(CN)NC(=O)c1cccn1C1CC1. The zero-order valence-electron chi connectivity index (χ0n) is 11.2. The summed E-state index contributed by atoms with van der Waals surface area (Å²) in [6, 6.07) is 4.42. The number of nitrogens with two attached hydrogens (primary N) is 1. The van der Waals surface area contributed by atoms with Crippen molar-refractivity contribution >= 4 is 5.91 Å². The number of hydrogen-bond donors (Lipinski definition) is 2. The zero-order valence-corrected chi connectivity index (χ0v) is 11.2. The number of aromatic nitrogens is 1. The molecule has 0 aromatic carbocycles. The van der Waals surface area contributed by atoms with Crippen molar-refractivity contribution in [2.45, 2.75) is 45.2 Å². The van der Waals surface area contributed by atoms with Crippen LogP contribution in [0.15, 0.2) is 18.3 Å². The molecule has 1 heterocycles. The van der Waals surface area contributed by atoms with Crippen LogP contribution in [0.2, 0.25) is 0 Å². The van der Waals surface area contributed by atoms with Gasteiger partial charge in [-0.1, -0.05) is 13.8 Å². The minimum atomic E-state index is 0.00278. The number of rotatable bonds is 6. The average molecular weight is 249 g/mol. The van der Waals surface area contributed by atoms with Crippen molar-refractivity contribution < 1.29 is 4.79 Å². The summed E-state index contributed by atoms with van der Waals surface area (Å²) in [7, 11) is 0. The van der Waals surface area contributed by atoms with E-state index in [1.807, 2.05) is 18.3 Å². The van der Waals surface area contributed by atoms with Gasteiger partial charge in [0.2, 0.25) is 0 Å². The first-order chi connectivity index (χ1) is 8.61. The van der Waals surface area contributed by atoms with Gasteiger partial charge in [0.1, 0.15) is 5.69 Å². The molecular formula is C14H23N3O. The summed E-state index contributed by atoms with van der Waals surface area (Å²) in [5.41, 5.74) is 6.48. The lowest BCUT2D eigenvalue weighted by molar-refractivity contribution is 0.0924. The van der Waals surface area contributed by atoms with Gasteiger partial charge in [-0.15, -0.1) is 0 Å². The van der Waals surface area contributed by atoms with Crippen molar-refractivity contribution in [1.82, 2.24) is 9.88 Å². The third-order valence-electron chi connectivity index (χ3n) is 3.33. The van der Waals surface area contributed by atoms with Gasteiger partial charge in [0, 0.05) is 24.8 Å². The van der Waals surface area contributed by atoms with Crippen LogP contribution in [0.1, 0.15) is 49.6 Å². The zero-order chi connectivity index (χ0) is 13.1. The highest BCUT2D eigenvalue weighted by Gasteiger charge is 2.27. The molecule has 4 heteroatoms. The maximum absolute atomic E-state index is 12.2. The Morgan fingerprint density at radius 2 is 2.28 bits per heavy atom. The summed E-state index contributed by atoms with van der Waals surface area (Å²) in [6.07, 6.45) is 5.28. The van der Waals surface area contributed by atoms with Crippen molar-refractivity contribution in [2.75, 3.05) is 6.54 Å². The molecule has 1 fully saturated rings. The highest BCUT2D eigenvalue weighted by molar-refractivity contribution is 5.93. The Hall–Kier alpha value is -1.29. The molecule has 1 aromatic heterocycles. The van der Waals surface area contributed by atoms with Crippen LogP contribution in [0.3, 0.4) is 0 Å². The molecule has 1 atom stereocenters. The van der Waals surface area contributed by atoms with Gasteiger partial charge >= 0.3 is 0 Å². The Kier molecular flexibility index (Phi) is 4.07. The van der Waals surface area contributed by atoms with Gasteiger partial charge in [0.25, 0.3) is 5.91 Å². The van der Waals surface area contributed by atoms with E-state index in [0.29, 0.717) is 18.5 Å². The fourth-order valence-corrected chi connectivity index (χ4v) is 2.30. The average Bonchev–Trinajstić information content (AvgIpc) is 3.05. The fourth-order valence-electron chi connectivity index (χ4n) is 2.30. The van der Waals surface area contributed by atoms with Gasteiger partial charge in [0.05, 0.1) is 0 Å². The summed E-state index contributed by atoms with van der Waals surface area (Å²) in [6.45, 7) is 4.78. The Morgan fingerprint density at radius 1 is 1.56 bits per heavy atom. The third kappa shape index (κ3) is 3.13. The molecule has 1 aliphatic carbocycles. The molecule has 1 amide bonds. The van der Waals surface area contributed by atoms with E-state index in [2.05, 4.69) is 23.7 Å². The fraction of sp³-hybridized carbons (Fsp3) is 0.643. The molecule has 0 aliphatic heterocycles. The van der Waals surface area contributed by atoms with E-state index in [-0.39, 0.29) is 11.9 Å². The molecule has 0 radical (unpaired) electrons. The van der Waals surface area contributed by atoms with Crippen molar-refractivity contribution in [3.63, 3.8) is 0 Å². The normalized spacial score (nSPS) is 16.9. The summed E-state index contributed by atoms with van der Waals surface area (Å²) < 4.78 is 2.08. The van der Waals surface area contributed by atoms with E-state index in [1.165, 1.54) is 12.8 Å². The quantitative estimate of drug-likeness (QED) is 0.809. The highest BCUT2D eigenvalue weighted by Crippen LogP contribution is 2.35. The molecule has 1 aliphatic rings. The molecule has 0 saturated heterocycles. The lowest BCUT2D eigenvalue weighted by atomic mass is 10.0. The van der Waals surface area contributed by atoms with Gasteiger partial charge in [-0.05, 0) is 37.3 Å². The monoisotopic (exact) mass is 249 g/mol. The maximum atomic E-state index is 12.2. The Bertz CT molecular complexity index is 407. The first-order valence-electron chi connectivity index (χ1n) is 6.79. The Morgan fingerprint density at radius 3 is 2.83 bits per heavy atom. The highest BCUT2D eigenvalue weighted by atomic mass is 16.2. The summed E-state index contributed by atoms with van der Waals surface area (Å²) in [5, 5.41) is 3.04. The Balaban J connectivity index is 1.99. The molecule has 100 valence electrons. The maximum Gasteiger partial charge on any atom is 0.268 e. The largest absolute Gasteiger partial charge is 0.347 e. The summed E-state index contributed by atoms with van der Waals surface area (Å²) >= 11 is 0. The second kappa shape index (κ2) is 5.57. The van der Waals surface area contributed by atoms with Crippen LogP contribution in [0.5, 0.6) is 0 Å². The van der Waals surface area contributed by atoms with Crippen LogP contribution in [0.25, 0.3) is 0 Å². The number of nitrogens with one attached hydrogen (secondary N) is 1. The van der Waals surface area contributed by atoms with E-state index >= 15 is 0 Å². The van der Waals surface area contributed by atoms with E-state index in [1.54, 1.807) is 0 Å². The van der Waals surface area contributed by atoms with Crippen molar-refractivity contribution in [3.8, 4) is 0 Å². The molecule has 18 heavy (non-hydrogen) atoms. The van der Waals surface area contributed by atoms with Gasteiger partial charge in [-0.3, -0.25) is 4.79 Å². The lowest BCUT2D eigenvalue weighted by Crippen LogP contribution is -2.41. The van der Waals surface area contributed by atoms with Crippen LogP contribution >= 0.6 is 0 Å². The van der Waals surface area contributed by atoms with Crippen molar-refractivity contribution in [2.24, 2.45) is 11.7 Å². The minimum Gasteiger partial charge on any atom is -0.347 e. The predicted molar refractivity (Wildman–Crippen MR) is 72.5 cm³/mol. The van der Waals surface area contributed by atoms with Crippen molar-refractivity contribution in [3.05, 3.63) is 24.0 Å². The number of carbonyl (C=O) groups is 1. The van der Waals surface area contributed by atoms with Gasteiger partial charge in [0.15, 0.2) is 0 Å². The van der Waals surface area contributed by atoms with E-state index in [9.17, 15) is 4.79 Å². The van der Waals surface area contributed by atoms with E-state index in [4.69, 9.17) is 5.73 Å². The molecular weight excluding hydrogens is 226 g/mol.